The summed E-state index contributed by atoms with van der Waals surface area (Å²) in [5.74, 6) is -2.03. The molecule has 1 aromatic carbocycles. The Morgan fingerprint density at radius 1 is 1.33 bits per heavy atom. The van der Waals surface area contributed by atoms with Gasteiger partial charge in [0.15, 0.2) is 11.6 Å². The SMILES string of the molecule is CN(C)C/C=C/C(=O)NCc1c[nH]c2cc(F)c(F)cc12. The predicted molar refractivity (Wildman–Crippen MR) is 77.8 cm³/mol. The molecule has 0 radical (unpaired) electrons. The van der Waals surface area contributed by atoms with E-state index in [1.54, 1.807) is 12.3 Å². The topological polar surface area (TPSA) is 48.1 Å². The third-order valence-electron chi connectivity index (χ3n) is 3.00. The normalized spacial score (nSPS) is 11.7. The maximum atomic E-state index is 13.3. The molecule has 4 nitrogen and oxygen atoms in total. The monoisotopic (exact) mass is 293 g/mol. The smallest absolute Gasteiger partial charge is 0.243 e. The highest BCUT2D eigenvalue weighted by atomic mass is 19.2. The van der Waals surface area contributed by atoms with Crippen molar-refractivity contribution in [1.82, 2.24) is 15.2 Å². The quantitative estimate of drug-likeness (QED) is 0.830. The molecular formula is C15H17F2N3O. The molecule has 1 heterocycles. The number of halogens is 2. The third-order valence-corrected chi connectivity index (χ3v) is 3.00. The van der Waals surface area contributed by atoms with E-state index in [2.05, 4.69) is 10.3 Å². The van der Waals surface area contributed by atoms with Crippen molar-refractivity contribution in [3.63, 3.8) is 0 Å². The van der Waals surface area contributed by atoms with Crippen LogP contribution in [0.3, 0.4) is 0 Å². The fourth-order valence-electron chi connectivity index (χ4n) is 1.93. The molecule has 0 spiro atoms. The van der Waals surface area contributed by atoms with Crippen molar-refractivity contribution in [3.8, 4) is 0 Å². The lowest BCUT2D eigenvalue weighted by Crippen LogP contribution is -2.20. The fourth-order valence-corrected chi connectivity index (χ4v) is 1.93. The van der Waals surface area contributed by atoms with Gasteiger partial charge in [-0.2, -0.15) is 0 Å². The largest absolute Gasteiger partial charge is 0.361 e. The molecule has 0 fully saturated rings. The van der Waals surface area contributed by atoms with Gasteiger partial charge in [-0.3, -0.25) is 4.79 Å². The van der Waals surface area contributed by atoms with Crippen molar-refractivity contribution in [2.75, 3.05) is 20.6 Å². The van der Waals surface area contributed by atoms with Crippen LogP contribution in [-0.2, 0) is 11.3 Å². The van der Waals surface area contributed by atoms with E-state index in [1.807, 2.05) is 19.0 Å². The van der Waals surface area contributed by atoms with Gasteiger partial charge in [0.2, 0.25) is 5.91 Å². The van der Waals surface area contributed by atoms with Crippen molar-refractivity contribution in [1.29, 1.82) is 0 Å². The summed E-state index contributed by atoms with van der Waals surface area (Å²) < 4.78 is 26.4. The third kappa shape index (κ3) is 3.88. The van der Waals surface area contributed by atoms with E-state index in [0.717, 1.165) is 12.1 Å². The lowest BCUT2D eigenvalue weighted by atomic mass is 10.1. The number of hydrogen-bond acceptors (Lipinski definition) is 2. The molecule has 0 saturated carbocycles. The highest BCUT2D eigenvalue weighted by Gasteiger charge is 2.09. The first-order valence-electron chi connectivity index (χ1n) is 6.51. The molecule has 0 aliphatic rings. The summed E-state index contributed by atoms with van der Waals surface area (Å²) in [5, 5.41) is 3.27. The van der Waals surface area contributed by atoms with Crippen LogP contribution in [0.1, 0.15) is 5.56 Å². The number of likely N-dealkylation sites (N-methyl/N-ethyl adjacent to an activating group) is 1. The molecule has 1 aromatic heterocycles. The van der Waals surface area contributed by atoms with E-state index >= 15 is 0 Å². The first kappa shape index (κ1) is 15.2. The average molecular weight is 293 g/mol. The van der Waals surface area contributed by atoms with Crippen LogP contribution in [0.25, 0.3) is 10.9 Å². The molecule has 1 amide bonds. The van der Waals surface area contributed by atoms with Gasteiger partial charge in [0.05, 0.1) is 0 Å². The Labute approximate surface area is 121 Å². The number of carbonyl (C=O) groups excluding carboxylic acids is 1. The average Bonchev–Trinajstić information content (AvgIpc) is 2.79. The van der Waals surface area contributed by atoms with Crippen molar-refractivity contribution in [2.45, 2.75) is 6.54 Å². The maximum Gasteiger partial charge on any atom is 0.243 e. The molecule has 112 valence electrons. The summed E-state index contributed by atoms with van der Waals surface area (Å²) in [6.07, 6.45) is 4.84. The van der Waals surface area contributed by atoms with E-state index in [1.165, 1.54) is 6.08 Å². The number of H-pyrrole nitrogens is 1. The van der Waals surface area contributed by atoms with E-state index < -0.39 is 11.6 Å². The van der Waals surface area contributed by atoms with Gasteiger partial charge in [-0.05, 0) is 25.7 Å². The number of benzene rings is 1. The molecule has 0 saturated heterocycles. The van der Waals surface area contributed by atoms with Crippen molar-refractivity contribution < 1.29 is 13.6 Å². The van der Waals surface area contributed by atoms with Gasteiger partial charge in [0, 0.05) is 42.3 Å². The number of rotatable bonds is 5. The zero-order chi connectivity index (χ0) is 15.4. The lowest BCUT2D eigenvalue weighted by Gasteiger charge is -2.04. The molecule has 2 rings (SSSR count). The van der Waals surface area contributed by atoms with Crippen molar-refractivity contribution in [3.05, 3.63) is 47.7 Å². The van der Waals surface area contributed by atoms with Crippen LogP contribution < -0.4 is 5.32 Å². The number of carbonyl (C=O) groups is 1. The van der Waals surface area contributed by atoms with Crippen LogP contribution in [0, 0.1) is 11.6 Å². The maximum absolute atomic E-state index is 13.3. The lowest BCUT2D eigenvalue weighted by molar-refractivity contribution is -0.116. The Bertz CT molecular complexity index is 677. The van der Waals surface area contributed by atoms with E-state index in [4.69, 9.17) is 0 Å². The zero-order valence-electron chi connectivity index (χ0n) is 11.9. The minimum absolute atomic E-state index is 0.228. The molecule has 2 N–H and O–H groups in total. The Morgan fingerprint density at radius 3 is 2.76 bits per heavy atom. The Hall–Kier alpha value is -2.21. The molecule has 2 aromatic rings. The standard InChI is InChI=1S/C15H17F2N3O/c1-20(2)5-3-4-15(21)19-9-10-8-18-14-7-13(17)12(16)6-11(10)14/h3-4,6-8,18H,5,9H2,1-2H3,(H,19,21)/b4-3+. The van der Waals surface area contributed by atoms with Crippen LogP contribution >= 0.6 is 0 Å². The number of nitrogens with one attached hydrogen (secondary N) is 2. The second kappa shape index (κ2) is 6.49. The number of nitrogens with zero attached hydrogens (tertiary/aromatic N) is 1. The fraction of sp³-hybridized carbons (Fsp3) is 0.267. The van der Waals surface area contributed by atoms with Gasteiger partial charge in [-0.15, -0.1) is 0 Å². The number of hydrogen-bond donors (Lipinski definition) is 2. The highest BCUT2D eigenvalue weighted by molar-refractivity contribution is 5.88. The first-order valence-corrected chi connectivity index (χ1v) is 6.51. The van der Waals surface area contributed by atoms with Crippen LogP contribution in [0.2, 0.25) is 0 Å². The number of amides is 1. The van der Waals surface area contributed by atoms with Gasteiger partial charge < -0.3 is 15.2 Å². The second-order valence-corrected chi connectivity index (χ2v) is 5.01. The molecule has 0 aliphatic carbocycles. The molecule has 0 bridgehead atoms. The predicted octanol–water partition coefficient (Wildman–Crippen LogP) is 2.18. The van der Waals surface area contributed by atoms with Gasteiger partial charge in [-0.25, -0.2) is 8.78 Å². The van der Waals surface area contributed by atoms with E-state index in [9.17, 15) is 13.6 Å². The summed E-state index contributed by atoms with van der Waals surface area (Å²) in [5.41, 5.74) is 1.21. The molecular weight excluding hydrogens is 276 g/mol. The molecule has 0 atom stereocenters. The minimum atomic E-state index is -0.902. The van der Waals surface area contributed by atoms with E-state index in [0.29, 0.717) is 23.0 Å². The second-order valence-electron chi connectivity index (χ2n) is 5.01. The Kier molecular flexibility index (Phi) is 4.70. The number of aromatic nitrogens is 1. The Balaban J connectivity index is 2.02. The van der Waals surface area contributed by atoms with Crippen LogP contribution in [0.5, 0.6) is 0 Å². The van der Waals surface area contributed by atoms with Gasteiger partial charge in [0.25, 0.3) is 0 Å². The van der Waals surface area contributed by atoms with Crippen LogP contribution in [-0.4, -0.2) is 36.4 Å². The molecule has 0 unspecified atom stereocenters. The van der Waals surface area contributed by atoms with Crippen LogP contribution in [0.4, 0.5) is 8.78 Å². The summed E-state index contributed by atoms with van der Waals surface area (Å²) in [6, 6.07) is 2.23. The number of fused-ring (bicyclic) bond motifs is 1. The Morgan fingerprint density at radius 2 is 2.05 bits per heavy atom. The number of aromatic amines is 1. The van der Waals surface area contributed by atoms with Crippen molar-refractivity contribution >= 4 is 16.8 Å². The van der Waals surface area contributed by atoms with E-state index in [-0.39, 0.29) is 12.5 Å². The summed E-state index contributed by atoms with van der Waals surface area (Å²) in [4.78, 5) is 16.4. The van der Waals surface area contributed by atoms with Gasteiger partial charge >= 0.3 is 0 Å². The minimum Gasteiger partial charge on any atom is -0.361 e. The van der Waals surface area contributed by atoms with Crippen LogP contribution in [0.15, 0.2) is 30.5 Å². The molecule has 21 heavy (non-hydrogen) atoms. The van der Waals surface area contributed by atoms with Gasteiger partial charge in [0.1, 0.15) is 0 Å². The molecule has 6 heteroatoms. The summed E-state index contributed by atoms with van der Waals surface area (Å²) in [6.45, 7) is 0.918. The van der Waals surface area contributed by atoms with Gasteiger partial charge in [-0.1, -0.05) is 6.08 Å². The molecule has 0 aliphatic heterocycles. The summed E-state index contributed by atoms with van der Waals surface area (Å²) >= 11 is 0. The highest BCUT2D eigenvalue weighted by Crippen LogP contribution is 2.21. The summed E-state index contributed by atoms with van der Waals surface area (Å²) in [7, 11) is 3.81. The first-order chi connectivity index (χ1) is 9.97. The van der Waals surface area contributed by atoms with Crippen molar-refractivity contribution in [2.24, 2.45) is 0 Å². The zero-order valence-corrected chi connectivity index (χ0v) is 11.9.